The van der Waals surface area contributed by atoms with Crippen LogP contribution in [0.1, 0.15) is 9.88 Å². The number of rotatable bonds is 3. The van der Waals surface area contributed by atoms with E-state index >= 15 is 0 Å². The van der Waals surface area contributed by atoms with Gasteiger partial charge in [0.05, 0.1) is 6.54 Å². The number of nitrogens with two attached hydrogens (primary N) is 1. The minimum atomic E-state index is -0.207. The van der Waals surface area contributed by atoms with Gasteiger partial charge in [0.1, 0.15) is 10.8 Å². The van der Waals surface area contributed by atoms with Crippen LogP contribution in [0.15, 0.2) is 35.5 Å². The number of anilines is 1. The number of halogens is 1. The Balaban J connectivity index is 1.54. The molecule has 0 bridgehead atoms. The van der Waals surface area contributed by atoms with E-state index in [1.807, 2.05) is 25.3 Å². The van der Waals surface area contributed by atoms with Crippen LogP contribution in [0, 0.1) is 12.7 Å². The van der Waals surface area contributed by atoms with E-state index in [2.05, 4.69) is 19.8 Å². The molecule has 2 aromatic rings. The lowest BCUT2D eigenvalue weighted by Crippen LogP contribution is -2.51. The molecule has 0 spiro atoms. The Morgan fingerprint density at radius 2 is 1.96 bits per heavy atom. The molecule has 7 heteroatoms. The van der Waals surface area contributed by atoms with Crippen LogP contribution in [0.2, 0.25) is 0 Å². The van der Waals surface area contributed by atoms with Gasteiger partial charge in [-0.2, -0.15) is 0 Å². The first-order chi connectivity index (χ1) is 11.1. The SMILES string of the molecule is Cc1cnc(CN=C(N)N2CCN(c3ccc(F)cc3)CC2)s1. The maximum atomic E-state index is 13.0. The molecule has 1 aromatic carbocycles. The lowest BCUT2D eigenvalue weighted by atomic mass is 10.2. The van der Waals surface area contributed by atoms with Gasteiger partial charge in [0.2, 0.25) is 0 Å². The third kappa shape index (κ3) is 3.98. The van der Waals surface area contributed by atoms with Gasteiger partial charge in [-0.05, 0) is 31.2 Å². The summed E-state index contributed by atoms with van der Waals surface area (Å²) in [5.41, 5.74) is 7.13. The second kappa shape index (κ2) is 6.95. The molecule has 23 heavy (non-hydrogen) atoms. The highest BCUT2D eigenvalue weighted by Crippen LogP contribution is 2.17. The molecule has 1 fully saturated rings. The summed E-state index contributed by atoms with van der Waals surface area (Å²) in [6.45, 7) is 5.87. The number of hydrogen-bond acceptors (Lipinski definition) is 4. The van der Waals surface area contributed by atoms with Crippen molar-refractivity contribution in [3.8, 4) is 0 Å². The van der Waals surface area contributed by atoms with Crippen LogP contribution in [0.5, 0.6) is 0 Å². The van der Waals surface area contributed by atoms with Gasteiger partial charge in [-0.25, -0.2) is 14.4 Å². The van der Waals surface area contributed by atoms with Gasteiger partial charge >= 0.3 is 0 Å². The van der Waals surface area contributed by atoms with Crippen molar-refractivity contribution in [3.63, 3.8) is 0 Å². The topological polar surface area (TPSA) is 57.8 Å². The molecule has 1 aliphatic rings. The molecule has 3 rings (SSSR count). The molecule has 0 atom stereocenters. The summed E-state index contributed by atoms with van der Waals surface area (Å²) in [7, 11) is 0. The number of piperazine rings is 1. The lowest BCUT2D eigenvalue weighted by Gasteiger charge is -2.36. The van der Waals surface area contributed by atoms with E-state index in [4.69, 9.17) is 5.73 Å². The highest BCUT2D eigenvalue weighted by atomic mass is 32.1. The molecule has 5 nitrogen and oxygen atoms in total. The number of aromatic nitrogens is 1. The van der Waals surface area contributed by atoms with E-state index in [1.165, 1.54) is 17.0 Å². The Kier molecular flexibility index (Phi) is 4.76. The van der Waals surface area contributed by atoms with Crippen LogP contribution in [0.25, 0.3) is 0 Å². The van der Waals surface area contributed by atoms with E-state index in [9.17, 15) is 4.39 Å². The number of aliphatic imine (C=N–C) groups is 1. The summed E-state index contributed by atoms with van der Waals surface area (Å²) in [4.78, 5) is 14.2. The number of nitrogens with zero attached hydrogens (tertiary/aromatic N) is 4. The molecule has 0 saturated carbocycles. The van der Waals surface area contributed by atoms with Gasteiger partial charge in [0, 0.05) is 42.9 Å². The zero-order valence-electron chi connectivity index (χ0n) is 13.1. The van der Waals surface area contributed by atoms with Gasteiger partial charge < -0.3 is 15.5 Å². The minimum absolute atomic E-state index is 0.207. The highest BCUT2D eigenvalue weighted by Gasteiger charge is 2.18. The fraction of sp³-hybridized carbons (Fsp3) is 0.375. The summed E-state index contributed by atoms with van der Waals surface area (Å²) in [6.07, 6.45) is 1.85. The third-order valence-corrected chi connectivity index (χ3v) is 4.74. The van der Waals surface area contributed by atoms with E-state index in [1.54, 1.807) is 11.3 Å². The van der Waals surface area contributed by atoms with E-state index in [0.29, 0.717) is 12.5 Å². The van der Waals surface area contributed by atoms with Gasteiger partial charge in [-0.1, -0.05) is 0 Å². The van der Waals surface area contributed by atoms with Gasteiger partial charge in [0.25, 0.3) is 0 Å². The Morgan fingerprint density at radius 3 is 2.57 bits per heavy atom. The molecule has 1 aliphatic heterocycles. The predicted molar refractivity (Wildman–Crippen MR) is 92.4 cm³/mol. The van der Waals surface area contributed by atoms with Crippen molar-refractivity contribution in [2.75, 3.05) is 31.1 Å². The van der Waals surface area contributed by atoms with Gasteiger partial charge in [0.15, 0.2) is 5.96 Å². The standard InChI is InChI=1S/C16H20FN5S/c1-12-10-19-15(23-12)11-20-16(18)22-8-6-21(7-9-22)14-4-2-13(17)3-5-14/h2-5,10H,6-9,11H2,1H3,(H2,18,20). The Labute approximate surface area is 139 Å². The second-order valence-electron chi connectivity index (χ2n) is 5.49. The number of guanidine groups is 1. The van der Waals surface area contributed by atoms with Crippen LogP contribution in [0.3, 0.4) is 0 Å². The number of hydrogen-bond donors (Lipinski definition) is 1. The fourth-order valence-corrected chi connectivity index (χ4v) is 3.28. The van der Waals surface area contributed by atoms with Crippen molar-refractivity contribution < 1.29 is 4.39 Å². The summed E-state index contributed by atoms with van der Waals surface area (Å²) in [6, 6.07) is 6.61. The van der Waals surface area contributed by atoms with Gasteiger partial charge in [-0.15, -0.1) is 11.3 Å². The third-order valence-electron chi connectivity index (χ3n) is 3.84. The lowest BCUT2D eigenvalue weighted by molar-refractivity contribution is 0.380. The maximum absolute atomic E-state index is 13.0. The second-order valence-corrected chi connectivity index (χ2v) is 6.81. The first kappa shape index (κ1) is 15.7. The molecular formula is C16H20FN5S. The monoisotopic (exact) mass is 333 g/mol. The first-order valence-corrected chi connectivity index (χ1v) is 8.40. The van der Waals surface area contributed by atoms with E-state index in [-0.39, 0.29) is 5.82 Å². The van der Waals surface area contributed by atoms with Crippen LogP contribution >= 0.6 is 11.3 Å². The summed E-state index contributed by atoms with van der Waals surface area (Å²) < 4.78 is 13.0. The number of benzene rings is 1. The minimum Gasteiger partial charge on any atom is -0.370 e. The molecule has 122 valence electrons. The van der Waals surface area contributed by atoms with Crippen molar-refractivity contribution in [1.82, 2.24) is 9.88 Å². The molecule has 0 unspecified atom stereocenters. The van der Waals surface area contributed by atoms with Crippen LogP contribution in [-0.4, -0.2) is 42.0 Å². The highest BCUT2D eigenvalue weighted by molar-refractivity contribution is 7.11. The quantitative estimate of drug-likeness (QED) is 0.691. The molecule has 1 saturated heterocycles. The van der Waals surface area contributed by atoms with Crippen LogP contribution in [0.4, 0.5) is 10.1 Å². The largest absolute Gasteiger partial charge is 0.370 e. The summed E-state index contributed by atoms with van der Waals surface area (Å²) in [5, 5.41) is 0.982. The zero-order chi connectivity index (χ0) is 16.2. The van der Waals surface area contributed by atoms with Crippen molar-refractivity contribution in [1.29, 1.82) is 0 Å². The average molecular weight is 333 g/mol. The Bertz CT molecular complexity index is 674. The molecule has 0 aliphatic carbocycles. The van der Waals surface area contributed by atoms with Crippen LogP contribution < -0.4 is 10.6 Å². The van der Waals surface area contributed by atoms with Crippen molar-refractivity contribution >= 4 is 23.0 Å². The molecular weight excluding hydrogens is 313 g/mol. The van der Waals surface area contributed by atoms with E-state index in [0.717, 1.165) is 36.9 Å². The normalized spacial score (nSPS) is 16.0. The smallest absolute Gasteiger partial charge is 0.191 e. The molecule has 0 amide bonds. The van der Waals surface area contributed by atoms with Gasteiger partial charge in [-0.3, -0.25) is 0 Å². The van der Waals surface area contributed by atoms with Crippen molar-refractivity contribution in [3.05, 3.63) is 46.2 Å². The molecule has 2 N–H and O–H groups in total. The predicted octanol–water partition coefficient (Wildman–Crippen LogP) is 2.23. The molecule has 2 heterocycles. The van der Waals surface area contributed by atoms with E-state index < -0.39 is 0 Å². The average Bonchev–Trinajstić information content (AvgIpc) is 2.99. The van der Waals surface area contributed by atoms with Crippen LogP contribution in [-0.2, 0) is 6.54 Å². The van der Waals surface area contributed by atoms with Crippen molar-refractivity contribution in [2.24, 2.45) is 10.7 Å². The Morgan fingerprint density at radius 1 is 1.26 bits per heavy atom. The first-order valence-electron chi connectivity index (χ1n) is 7.58. The number of thiazole rings is 1. The van der Waals surface area contributed by atoms with Crippen molar-refractivity contribution in [2.45, 2.75) is 13.5 Å². The Hall–Kier alpha value is -2.15. The summed E-state index contributed by atoms with van der Waals surface area (Å²) >= 11 is 1.64. The fourth-order valence-electron chi connectivity index (χ4n) is 2.57. The maximum Gasteiger partial charge on any atom is 0.191 e. The molecule has 1 aromatic heterocycles. The molecule has 0 radical (unpaired) electrons. The number of aryl methyl sites for hydroxylation is 1. The summed E-state index contributed by atoms with van der Waals surface area (Å²) in [5.74, 6) is 0.359. The zero-order valence-corrected chi connectivity index (χ0v) is 13.9.